The fourth-order valence-corrected chi connectivity index (χ4v) is 1.15. The minimum absolute atomic E-state index is 0.00421. The summed E-state index contributed by atoms with van der Waals surface area (Å²) < 4.78 is 41.0. The number of hydrogen-bond acceptors (Lipinski definition) is 3. The van der Waals surface area contributed by atoms with Gasteiger partial charge in [-0.2, -0.15) is 0 Å². The summed E-state index contributed by atoms with van der Waals surface area (Å²) in [6.07, 6.45) is -4.12. The van der Waals surface area contributed by atoms with E-state index in [4.69, 9.17) is 10.8 Å². The fourth-order valence-electron chi connectivity index (χ4n) is 1.15. The zero-order valence-electron chi connectivity index (χ0n) is 7.92. The van der Waals surface area contributed by atoms with Gasteiger partial charge in [-0.15, -0.1) is 0 Å². The molecule has 2 rings (SSSR count). The van der Waals surface area contributed by atoms with E-state index in [1.54, 1.807) is 0 Å². The van der Waals surface area contributed by atoms with Gasteiger partial charge >= 0.3 is 6.40 Å². The molecular weight excluding hydrogens is 194 g/mol. The van der Waals surface area contributed by atoms with Crippen LogP contribution in [-0.2, 0) is 0 Å². The first-order chi connectivity index (χ1) is 6.98. The van der Waals surface area contributed by atoms with Gasteiger partial charge in [0.1, 0.15) is 1.37 Å². The molecular formula is C9H6F2O3. The number of hydrogen-bond donors (Lipinski definition) is 0. The van der Waals surface area contributed by atoms with Gasteiger partial charge in [0.2, 0.25) is 12.6 Å². The Kier molecular flexibility index (Phi) is 1.79. The molecule has 74 valence electrons. The molecule has 1 aliphatic heterocycles. The Hall–Kier alpha value is -1.65. The van der Waals surface area contributed by atoms with E-state index in [0.717, 1.165) is 6.07 Å². The van der Waals surface area contributed by atoms with Crippen molar-refractivity contribution >= 4 is 5.78 Å². The molecule has 0 spiro atoms. The molecule has 0 fully saturated rings. The summed E-state index contributed by atoms with van der Waals surface area (Å²) in [6.45, 7) is 0.00421. The molecule has 0 unspecified atom stereocenters. The zero-order chi connectivity index (χ0) is 11.1. The monoisotopic (exact) mass is 201 g/mol. The summed E-state index contributed by atoms with van der Waals surface area (Å²) in [6, 6.07) is 3.69. The van der Waals surface area contributed by atoms with Crippen molar-refractivity contribution in [3.8, 4) is 11.5 Å². The lowest BCUT2D eigenvalue weighted by Crippen LogP contribution is -2.09. The largest absolute Gasteiger partial charge is 0.454 e. The molecule has 0 saturated heterocycles. The van der Waals surface area contributed by atoms with E-state index in [2.05, 4.69) is 0 Å². The number of ether oxygens (including phenoxy) is 2. The first kappa shape index (κ1) is 7.73. The van der Waals surface area contributed by atoms with Crippen LogP contribution in [0.3, 0.4) is 0 Å². The molecule has 0 N–H and O–H groups in total. The summed E-state index contributed by atoms with van der Waals surface area (Å²) in [4.78, 5) is 11.0. The van der Waals surface area contributed by atoms with Crippen LogP contribution in [0.2, 0.25) is 0 Å². The Morgan fingerprint density at radius 1 is 1.43 bits per heavy atom. The average molecular weight is 201 g/mol. The second kappa shape index (κ2) is 3.25. The van der Waals surface area contributed by atoms with Crippen molar-refractivity contribution in [1.29, 1.82) is 0 Å². The predicted molar refractivity (Wildman–Crippen MR) is 42.9 cm³/mol. The van der Waals surface area contributed by atoms with Crippen molar-refractivity contribution in [3.05, 3.63) is 23.8 Å². The van der Waals surface area contributed by atoms with Crippen molar-refractivity contribution < 1.29 is 24.4 Å². The van der Waals surface area contributed by atoms with Crippen LogP contribution < -0.4 is 9.47 Å². The highest BCUT2D eigenvalue weighted by molar-refractivity contribution is 5.99. The lowest BCUT2D eigenvalue weighted by atomic mass is 10.1. The van der Waals surface area contributed by atoms with Gasteiger partial charge in [-0.05, 0) is 18.2 Å². The molecule has 3 nitrogen and oxygen atoms in total. The van der Waals surface area contributed by atoms with E-state index >= 15 is 0 Å². The van der Waals surface area contributed by atoms with Gasteiger partial charge in [-0.1, -0.05) is 0 Å². The van der Waals surface area contributed by atoms with E-state index in [-0.39, 0.29) is 18.1 Å². The third kappa shape index (κ3) is 1.41. The average Bonchev–Trinajstić information content (AvgIpc) is 2.61. The molecule has 1 aliphatic rings. The topological polar surface area (TPSA) is 35.5 Å². The third-order valence-electron chi connectivity index (χ3n) is 1.81. The molecule has 0 atom stereocenters. The summed E-state index contributed by atoms with van der Waals surface area (Å²) in [5, 5.41) is 0. The molecule has 0 bridgehead atoms. The van der Waals surface area contributed by atoms with Crippen LogP contribution >= 0.6 is 0 Å². The maximum Gasteiger partial charge on any atom is 0.300 e. The molecule has 0 radical (unpaired) electrons. The number of benzene rings is 1. The molecule has 0 aliphatic carbocycles. The first-order valence-electron chi connectivity index (χ1n) is 4.31. The summed E-state index contributed by atoms with van der Waals surface area (Å²) >= 11 is 0. The molecule has 14 heavy (non-hydrogen) atoms. The summed E-state index contributed by atoms with van der Waals surface area (Å²) in [7, 11) is 0. The maximum absolute atomic E-state index is 12.4. The number of rotatable bonds is 2. The number of ketones is 1. The molecule has 0 amide bonds. The third-order valence-corrected chi connectivity index (χ3v) is 1.81. The molecule has 1 aromatic carbocycles. The highest BCUT2D eigenvalue weighted by Crippen LogP contribution is 2.32. The standard InChI is InChI=1S/C9H6F2O3/c10-9(11)8(12)5-1-2-6-7(3-5)14-4-13-6/h1-3,9H,4H2/i9D. The van der Waals surface area contributed by atoms with Gasteiger partial charge < -0.3 is 9.47 Å². The van der Waals surface area contributed by atoms with Crippen LogP contribution in [0.4, 0.5) is 8.78 Å². The lowest BCUT2D eigenvalue weighted by Gasteiger charge is -2.00. The Morgan fingerprint density at radius 2 is 2.14 bits per heavy atom. The van der Waals surface area contributed by atoms with E-state index in [0.29, 0.717) is 5.75 Å². The van der Waals surface area contributed by atoms with Crippen molar-refractivity contribution in [2.75, 3.05) is 6.79 Å². The van der Waals surface area contributed by atoms with Gasteiger partial charge in [0.15, 0.2) is 11.5 Å². The Labute approximate surface area is 79.6 Å². The smallest absolute Gasteiger partial charge is 0.300 e. The maximum atomic E-state index is 12.4. The Bertz CT molecular complexity index is 414. The number of halogens is 2. The normalized spacial score (nSPS) is 15.1. The minimum atomic E-state index is -4.12. The molecule has 5 heteroatoms. The quantitative estimate of drug-likeness (QED) is 0.685. The van der Waals surface area contributed by atoms with Crippen molar-refractivity contribution in [2.45, 2.75) is 6.40 Å². The predicted octanol–water partition coefficient (Wildman–Crippen LogP) is 1.86. The van der Waals surface area contributed by atoms with Gasteiger partial charge in [0.25, 0.3) is 0 Å². The van der Waals surface area contributed by atoms with Gasteiger partial charge in [0, 0.05) is 5.56 Å². The van der Waals surface area contributed by atoms with Crippen LogP contribution in [-0.4, -0.2) is 19.0 Å². The van der Waals surface area contributed by atoms with E-state index in [1.165, 1.54) is 12.1 Å². The molecule has 1 heterocycles. The van der Waals surface area contributed by atoms with Gasteiger partial charge in [0.05, 0.1) is 0 Å². The zero-order valence-corrected chi connectivity index (χ0v) is 6.92. The number of alkyl halides is 2. The highest BCUT2D eigenvalue weighted by atomic mass is 19.3. The fraction of sp³-hybridized carbons (Fsp3) is 0.222. The summed E-state index contributed by atoms with van der Waals surface area (Å²) in [5.74, 6) is -0.911. The second-order valence-electron chi connectivity index (χ2n) is 2.66. The van der Waals surface area contributed by atoms with Crippen molar-refractivity contribution in [2.24, 2.45) is 0 Å². The number of Topliss-reactive ketones (excluding diaryl/α,β-unsaturated/α-hetero) is 1. The van der Waals surface area contributed by atoms with Crippen LogP contribution in [0.5, 0.6) is 11.5 Å². The van der Waals surface area contributed by atoms with Crippen molar-refractivity contribution in [3.63, 3.8) is 0 Å². The Morgan fingerprint density at radius 3 is 2.86 bits per heavy atom. The molecule has 0 aromatic heterocycles. The first-order valence-corrected chi connectivity index (χ1v) is 3.81. The number of fused-ring (bicyclic) bond motifs is 1. The minimum Gasteiger partial charge on any atom is -0.454 e. The SMILES string of the molecule is [2H]C(F)(F)C(=O)c1ccc2c(c1)OCO2. The van der Waals surface area contributed by atoms with Gasteiger partial charge in [-0.3, -0.25) is 4.79 Å². The Balaban J connectivity index is 2.35. The number of carbonyl (C=O) groups excluding carboxylic acids is 1. The van der Waals surface area contributed by atoms with Crippen LogP contribution in [0.25, 0.3) is 0 Å². The molecule has 0 saturated carbocycles. The van der Waals surface area contributed by atoms with Crippen LogP contribution in [0.15, 0.2) is 18.2 Å². The van der Waals surface area contributed by atoms with E-state index < -0.39 is 12.2 Å². The molecule has 1 aromatic rings. The second-order valence-corrected chi connectivity index (χ2v) is 2.66. The van der Waals surface area contributed by atoms with E-state index in [9.17, 15) is 13.6 Å². The number of carbonyl (C=O) groups is 1. The lowest BCUT2D eigenvalue weighted by molar-refractivity contribution is 0.0678. The van der Waals surface area contributed by atoms with E-state index in [1.807, 2.05) is 0 Å². The summed E-state index contributed by atoms with van der Waals surface area (Å²) in [5.41, 5.74) is -0.265. The highest BCUT2D eigenvalue weighted by Gasteiger charge is 2.21. The van der Waals surface area contributed by atoms with Crippen molar-refractivity contribution in [1.82, 2.24) is 0 Å². The van der Waals surface area contributed by atoms with Crippen LogP contribution in [0.1, 0.15) is 11.7 Å². The van der Waals surface area contributed by atoms with Gasteiger partial charge in [-0.25, -0.2) is 8.78 Å². The van der Waals surface area contributed by atoms with Crippen LogP contribution in [0, 0.1) is 0 Å².